The number of ether oxygens (including phenoxy) is 1. The second-order valence-corrected chi connectivity index (χ2v) is 5.32. The Balaban J connectivity index is 1.87. The number of nitrogens with zero attached hydrogens (tertiary/aromatic N) is 2. The summed E-state index contributed by atoms with van der Waals surface area (Å²) in [4.78, 5) is 17.7. The highest BCUT2D eigenvalue weighted by Crippen LogP contribution is 2.35. The van der Waals surface area contributed by atoms with Gasteiger partial charge in [-0.15, -0.1) is 0 Å². The monoisotopic (exact) mass is 273 g/mol. The van der Waals surface area contributed by atoms with Crippen LogP contribution in [0.3, 0.4) is 0 Å². The van der Waals surface area contributed by atoms with E-state index in [1.807, 2.05) is 31.2 Å². The average molecular weight is 273 g/mol. The minimum Gasteiger partial charge on any atom is -0.494 e. The van der Waals surface area contributed by atoms with Crippen LogP contribution in [0.1, 0.15) is 31.4 Å². The van der Waals surface area contributed by atoms with Crippen LogP contribution in [0.15, 0.2) is 29.3 Å². The molecule has 1 aromatic carbocycles. The normalized spacial score (nSPS) is 22.1. The van der Waals surface area contributed by atoms with Gasteiger partial charge >= 0.3 is 6.03 Å². The van der Waals surface area contributed by atoms with E-state index in [1.165, 1.54) is 12.8 Å². The van der Waals surface area contributed by atoms with E-state index in [1.54, 1.807) is 4.90 Å². The van der Waals surface area contributed by atoms with Crippen molar-refractivity contribution in [2.24, 2.45) is 16.6 Å². The van der Waals surface area contributed by atoms with Gasteiger partial charge in [0.05, 0.1) is 6.61 Å². The minimum atomic E-state index is -0.247. The fourth-order valence-electron chi connectivity index (χ4n) is 2.56. The summed E-state index contributed by atoms with van der Waals surface area (Å²) < 4.78 is 5.51. The Labute approximate surface area is 118 Å². The Hall–Kier alpha value is -2.04. The van der Waals surface area contributed by atoms with Crippen molar-refractivity contribution in [3.05, 3.63) is 29.8 Å². The molecule has 5 nitrogen and oxygen atoms in total. The topological polar surface area (TPSA) is 67.9 Å². The predicted molar refractivity (Wildman–Crippen MR) is 76.8 cm³/mol. The van der Waals surface area contributed by atoms with Crippen LogP contribution in [0.4, 0.5) is 4.79 Å². The summed E-state index contributed by atoms with van der Waals surface area (Å²) in [7, 11) is 0. The Kier molecular flexibility index (Phi) is 3.34. The number of amidine groups is 1. The molecule has 5 heteroatoms. The molecule has 1 aliphatic heterocycles. The third kappa shape index (κ3) is 2.48. The minimum absolute atomic E-state index is 0.221. The number of rotatable bonds is 5. The molecule has 3 rings (SSSR count). The molecule has 106 valence electrons. The first-order chi connectivity index (χ1) is 9.69. The zero-order chi connectivity index (χ0) is 14.1. The summed E-state index contributed by atoms with van der Waals surface area (Å²) in [6, 6.07) is 7.27. The van der Waals surface area contributed by atoms with Gasteiger partial charge in [0.1, 0.15) is 17.6 Å². The molecule has 1 saturated carbocycles. The van der Waals surface area contributed by atoms with E-state index >= 15 is 0 Å². The molecule has 1 atom stereocenters. The number of amides is 2. The second kappa shape index (κ2) is 5.15. The standard InChI is InChI=1S/C15H19N3O2/c1-2-20-12-5-3-4-11(8-12)13-14(16)17-15(19)18(13)9-10-6-7-10/h3-5,8,10,13H,2,6-7,9H2,1H3,(H2,16,17,19). The fourth-order valence-corrected chi connectivity index (χ4v) is 2.56. The maximum atomic E-state index is 12.0. The Morgan fingerprint density at radius 2 is 2.25 bits per heavy atom. The van der Waals surface area contributed by atoms with E-state index in [-0.39, 0.29) is 12.1 Å². The molecule has 0 radical (unpaired) electrons. The molecule has 20 heavy (non-hydrogen) atoms. The van der Waals surface area contributed by atoms with E-state index in [9.17, 15) is 4.79 Å². The van der Waals surface area contributed by atoms with Gasteiger partial charge in [0.25, 0.3) is 0 Å². The zero-order valence-corrected chi connectivity index (χ0v) is 11.6. The van der Waals surface area contributed by atoms with Crippen LogP contribution < -0.4 is 10.5 Å². The van der Waals surface area contributed by atoms with E-state index in [4.69, 9.17) is 10.5 Å². The van der Waals surface area contributed by atoms with Crippen molar-refractivity contribution in [1.82, 2.24) is 4.90 Å². The maximum absolute atomic E-state index is 12.0. The SMILES string of the molecule is CCOc1cccc(C2C(N)=NC(=O)N2CC2CC2)c1. The van der Waals surface area contributed by atoms with Crippen LogP contribution in [0, 0.1) is 5.92 Å². The van der Waals surface area contributed by atoms with Crippen LogP contribution in [-0.4, -0.2) is 29.9 Å². The van der Waals surface area contributed by atoms with Crippen molar-refractivity contribution < 1.29 is 9.53 Å². The summed E-state index contributed by atoms with van der Waals surface area (Å²) >= 11 is 0. The molecule has 0 spiro atoms. The molecule has 1 heterocycles. The summed E-state index contributed by atoms with van der Waals surface area (Å²) in [5.74, 6) is 1.78. The lowest BCUT2D eigenvalue weighted by molar-refractivity contribution is 0.203. The van der Waals surface area contributed by atoms with Crippen LogP contribution >= 0.6 is 0 Å². The number of nitrogens with two attached hydrogens (primary N) is 1. The number of aliphatic imine (C=N–C) groups is 1. The lowest BCUT2D eigenvalue weighted by atomic mass is 10.0. The molecular formula is C15H19N3O2. The zero-order valence-electron chi connectivity index (χ0n) is 11.6. The lowest BCUT2D eigenvalue weighted by Gasteiger charge is -2.24. The van der Waals surface area contributed by atoms with Gasteiger partial charge < -0.3 is 15.4 Å². The smallest absolute Gasteiger partial charge is 0.346 e. The third-order valence-corrected chi connectivity index (χ3v) is 3.70. The molecule has 0 saturated heterocycles. The fraction of sp³-hybridized carbons (Fsp3) is 0.467. The van der Waals surface area contributed by atoms with E-state index in [2.05, 4.69) is 4.99 Å². The summed E-state index contributed by atoms with van der Waals surface area (Å²) in [5, 5.41) is 0. The molecule has 0 bridgehead atoms. The van der Waals surface area contributed by atoms with E-state index in [0.29, 0.717) is 18.4 Å². The van der Waals surface area contributed by atoms with Crippen molar-refractivity contribution in [3.8, 4) is 5.75 Å². The second-order valence-electron chi connectivity index (χ2n) is 5.32. The quantitative estimate of drug-likeness (QED) is 0.895. The van der Waals surface area contributed by atoms with Gasteiger partial charge in [-0.3, -0.25) is 0 Å². The number of carbonyl (C=O) groups is 1. The Morgan fingerprint density at radius 3 is 2.95 bits per heavy atom. The van der Waals surface area contributed by atoms with Gasteiger partial charge in [-0.25, -0.2) is 4.79 Å². The van der Waals surface area contributed by atoms with Crippen LogP contribution in [0.25, 0.3) is 0 Å². The van der Waals surface area contributed by atoms with Crippen molar-refractivity contribution in [2.75, 3.05) is 13.2 Å². The highest BCUT2D eigenvalue weighted by Gasteiger charge is 2.38. The Morgan fingerprint density at radius 1 is 1.45 bits per heavy atom. The van der Waals surface area contributed by atoms with E-state index in [0.717, 1.165) is 17.9 Å². The molecule has 0 aromatic heterocycles. The van der Waals surface area contributed by atoms with Crippen molar-refractivity contribution in [2.45, 2.75) is 25.8 Å². The van der Waals surface area contributed by atoms with Gasteiger partial charge in [-0.05, 0) is 43.4 Å². The number of hydrogen-bond donors (Lipinski definition) is 1. The van der Waals surface area contributed by atoms with Crippen molar-refractivity contribution in [1.29, 1.82) is 0 Å². The van der Waals surface area contributed by atoms with Gasteiger partial charge in [0, 0.05) is 6.54 Å². The first-order valence-corrected chi connectivity index (χ1v) is 7.06. The highest BCUT2D eigenvalue weighted by atomic mass is 16.5. The third-order valence-electron chi connectivity index (χ3n) is 3.70. The van der Waals surface area contributed by atoms with Gasteiger partial charge in [0.15, 0.2) is 0 Å². The average Bonchev–Trinajstić information content (AvgIpc) is 3.18. The molecule has 1 unspecified atom stereocenters. The van der Waals surface area contributed by atoms with Crippen molar-refractivity contribution >= 4 is 11.9 Å². The van der Waals surface area contributed by atoms with Crippen LogP contribution in [0.2, 0.25) is 0 Å². The molecule has 1 fully saturated rings. The summed E-state index contributed by atoms with van der Waals surface area (Å²) in [6.07, 6.45) is 2.38. The number of urea groups is 1. The number of carbonyl (C=O) groups excluding carboxylic acids is 1. The molecule has 2 amide bonds. The molecular weight excluding hydrogens is 254 g/mol. The van der Waals surface area contributed by atoms with E-state index < -0.39 is 0 Å². The van der Waals surface area contributed by atoms with Gasteiger partial charge in [-0.1, -0.05) is 12.1 Å². The first-order valence-electron chi connectivity index (χ1n) is 7.06. The van der Waals surface area contributed by atoms with Crippen molar-refractivity contribution in [3.63, 3.8) is 0 Å². The summed E-state index contributed by atoms with van der Waals surface area (Å²) in [5.41, 5.74) is 6.92. The van der Waals surface area contributed by atoms with Gasteiger partial charge in [-0.2, -0.15) is 4.99 Å². The first kappa shape index (κ1) is 13.0. The van der Waals surface area contributed by atoms with Crippen LogP contribution in [0.5, 0.6) is 5.75 Å². The molecule has 2 aliphatic rings. The van der Waals surface area contributed by atoms with Crippen LogP contribution in [-0.2, 0) is 0 Å². The largest absolute Gasteiger partial charge is 0.494 e. The molecule has 2 N–H and O–H groups in total. The maximum Gasteiger partial charge on any atom is 0.346 e. The highest BCUT2D eigenvalue weighted by molar-refractivity contribution is 6.03. The molecule has 1 aliphatic carbocycles. The Bertz CT molecular complexity index is 552. The number of benzene rings is 1. The number of hydrogen-bond acceptors (Lipinski definition) is 3. The lowest BCUT2D eigenvalue weighted by Crippen LogP contribution is -2.34. The summed E-state index contributed by atoms with van der Waals surface area (Å²) in [6.45, 7) is 3.30. The molecule has 1 aromatic rings. The predicted octanol–water partition coefficient (Wildman–Crippen LogP) is 2.33. The van der Waals surface area contributed by atoms with Gasteiger partial charge in [0.2, 0.25) is 0 Å².